The Morgan fingerprint density at radius 2 is 1.85 bits per heavy atom. The molecule has 0 spiro atoms. The molecular weight excluding hydrogens is 516 g/mol. The Balaban J connectivity index is 1.09. The first-order chi connectivity index (χ1) is 19.7. The Kier molecular flexibility index (Phi) is 7.33. The van der Waals surface area contributed by atoms with Crippen molar-refractivity contribution in [3.8, 4) is 11.3 Å². The zero-order valence-corrected chi connectivity index (χ0v) is 24.3. The number of ether oxygens (including phenoxy) is 1. The molecule has 1 aromatic carbocycles. The summed E-state index contributed by atoms with van der Waals surface area (Å²) in [6.07, 6.45) is 6.35. The number of amides is 1. The van der Waals surface area contributed by atoms with Crippen LogP contribution in [0.3, 0.4) is 0 Å². The van der Waals surface area contributed by atoms with Gasteiger partial charge in [-0.25, -0.2) is 19.7 Å². The Hall–Kier alpha value is -4.05. The van der Waals surface area contributed by atoms with Crippen molar-refractivity contribution in [1.29, 1.82) is 0 Å². The number of imidazole rings is 1. The van der Waals surface area contributed by atoms with Crippen LogP contribution in [-0.4, -0.2) is 85.7 Å². The van der Waals surface area contributed by atoms with Crippen LogP contribution in [0.2, 0.25) is 0 Å². The van der Waals surface area contributed by atoms with Crippen LogP contribution in [0.4, 0.5) is 10.6 Å². The van der Waals surface area contributed by atoms with Crippen molar-refractivity contribution < 1.29 is 9.53 Å². The lowest BCUT2D eigenvalue weighted by molar-refractivity contribution is 0.0139. The molecule has 2 fully saturated rings. The summed E-state index contributed by atoms with van der Waals surface area (Å²) in [5, 5.41) is 0. The van der Waals surface area contributed by atoms with E-state index in [0.29, 0.717) is 25.6 Å². The van der Waals surface area contributed by atoms with Crippen LogP contribution >= 0.6 is 0 Å². The van der Waals surface area contributed by atoms with Gasteiger partial charge in [0.1, 0.15) is 23.6 Å². The predicted octanol–water partition coefficient (Wildman–Crippen LogP) is 4.66. The average molecular weight is 555 g/mol. The second kappa shape index (κ2) is 11.1. The van der Waals surface area contributed by atoms with Gasteiger partial charge in [-0.3, -0.25) is 9.88 Å². The van der Waals surface area contributed by atoms with Gasteiger partial charge in [0.05, 0.1) is 16.7 Å². The third kappa shape index (κ3) is 6.65. The van der Waals surface area contributed by atoms with Crippen molar-refractivity contribution in [2.45, 2.75) is 58.2 Å². The molecule has 4 aromatic rings. The van der Waals surface area contributed by atoms with Crippen LogP contribution in [0.5, 0.6) is 0 Å². The molecule has 41 heavy (non-hydrogen) atoms. The number of fused-ring (bicyclic) bond motifs is 1. The first-order valence-corrected chi connectivity index (χ1v) is 14.4. The van der Waals surface area contributed by atoms with Crippen LogP contribution in [0.15, 0.2) is 48.9 Å². The summed E-state index contributed by atoms with van der Waals surface area (Å²) in [5.74, 6) is 1.84. The molecular formula is C31H38N8O2. The lowest BCUT2D eigenvalue weighted by Crippen LogP contribution is -2.49. The second-order valence-corrected chi connectivity index (χ2v) is 12.1. The third-order valence-corrected chi connectivity index (χ3v) is 7.60. The molecule has 4 heterocycles. The van der Waals surface area contributed by atoms with Crippen molar-refractivity contribution >= 4 is 22.9 Å². The molecule has 0 bridgehead atoms. The van der Waals surface area contributed by atoms with Crippen molar-refractivity contribution in [1.82, 2.24) is 34.7 Å². The highest BCUT2D eigenvalue weighted by Crippen LogP contribution is 2.31. The van der Waals surface area contributed by atoms with Crippen LogP contribution in [0.25, 0.3) is 22.3 Å². The van der Waals surface area contributed by atoms with Crippen LogP contribution in [-0.2, 0) is 17.7 Å². The minimum Gasteiger partial charge on any atom is -0.444 e. The van der Waals surface area contributed by atoms with Gasteiger partial charge in [0.15, 0.2) is 0 Å². The van der Waals surface area contributed by atoms with E-state index in [9.17, 15) is 4.79 Å². The number of carbonyl (C=O) groups is 1. The summed E-state index contributed by atoms with van der Waals surface area (Å²) in [4.78, 5) is 40.7. The van der Waals surface area contributed by atoms with Gasteiger partial charge in [-0.15, -0.1) is 0 Å². The van der Waals surface area contributed by atoms with Gasteiger partial charge in [-0.05, 0) is 63.4 Å². The number of aromatic nitrogens is 5. The Labute approximate surface area is 240 Å². The summed E-state index contributed by atoms with van der Waals surface area (Å²) in [6.45, 7) is 9.47. The number of carbonyl (C=O) groups excluding carboxylic acids is 1. The lowest BCUT2D eigenvalue weighted by atomic mass is 10.1. The van der Waals surface area contributed by atoms with Crippen molar-refractivity contribution in [3.63, 3.8) is 0 Å². The van der Waals surface area contributed by atoms with Gasteiger partial charge in [-0.1, -0.05) is 6.07 Å². The van der Waals surface area contributed by atoms with Crippen LogP contribution < -0.4 is 4.90 Å². The summed E-state index contributed by atoms with van der Waals surface area (Å²) in [7, 11) is 2.10. The topological polar surface area (TPSA) is 103 Å². The van der Waals surface area contributed by atoms with Gasteiger partial charge >= 0.3 is 6.09 Å². The van der Waals surface area contributed by atoms with E-state index in [0.717, 1.165) is 59.3 Å². The molecule has 6 rings (SSSR count). The number of hydrogen-bond donors (Lipinski definition) is 1. The first-order valence-electron chi connectivity index (χ1n) is 14.4. The highest BCUT2D eigenvalue weighted by molar-refractivity contribution is 5.81. The maximum Gasteiger partial charge on any atom is 0.410 e. The fourth-order valence-electron chi connectivity index (χ4n) is 5.22. The van der Waals surface area contributed by atoms with E-state index in [1.807, 2.05) is 33.0 Å². The Bertz CT molecular complexity index is 1530. The molecule has 1 saturated heterocycles. The van der Waals surface area contributed by atoms with E-state index in [2.05, 4.69) is 67.1 Å². The predicted molar refractivity (Wildman–Crippen MR) is 159 cm³/mol. The monoisotopic (exact) mass is 554 g/mol. The fourth-order valence-corrected chi connectivity index (χ4v) is 5.22. The minimum atomic E-state index is -0.475. The Morgan fingerprint density at radius 1 is 1.05 bits per heavy atom. The quantitative estimate of drug-likeness (QED) is 0.352. The van der Waals surface area contributed by atoms with Crippen molar-refractivity contribution in [3.05, 3.63) is 66.0 Å². The molecule has 3 aromatic heterocycles. The number of aromatic amines is 1. The van der Waals surface area contributed by atoms with E-state index < -0.39 is 5.60 Å². The van der Waals surface area contributed by atoms with Gasteiger partial charge in [0.25, 0.3) is 0 Å². The smallest absolute Gasteiger partial charge is 0.410 e. The fraction of sp³-hybridized carbons (Fsp3) is 0.452. The summed E-state index contributed by atoms with van der Waals surface area (Å²) < 4.78 is 5.52. The van der Waals surface area contributed by atoms with Crippen LogP contribution in [0.1, 0.15) is 50.7 Å². The molecule has 10 heteroatoms. The standard InChI is InChI=1S/C31H38N8O2/c1-31(2,3)41-30(40)39-13-11-38(12-14-39)19-21-9-10-32-23(15-21)17-28-35-25-8-5-22(16-27(25)36-28)26-18-29(34-20-33-26)37(4)24-6-7-24/h5,8-10,15-16,18,20,24H,6-7,11-14,17,19H2,1-4H3,(H,35,36). The molecule has 1 saturated carbocycles. The van der Waals surface area contributed by atoms with Crippen molar-refractivity contribution in [2.24, 2.45) is 0 Å². The molecule has 0 unspecified atom stereocenters. The van der Waals surface area contributed by atoms with E-state index in [4.69, 9.17) is 9.72 Å². The third-order valence-electron chi connectivity index (χ3n) is 7.60. The number of piperazine rings is 1. The second-order valence-electron chi connectivity index (χ2n) is 12.1. The van der Waals surface area contributed by atoms with E-state index in [-0.39, 0.29) is 6.09 Å². The normalized spacial score (nSPS) is 16.2. The minimum absolute atomic E-state index is 0.232. The molecule has 1 aliphatic carbocycles. The Morgan fingerprint density at radius 3 is 2.61 bits per heavy atom. The molecule has 1 N–H and O–H groups in total. The van der Waals surface area contributed by atoms with Crippen molar-refractivity contribution in [2.75, 3.05) is 38.1 Å². The molecule has 1 amide bonds. The molecule has 1 aliphatic heterocycles. The molecule has 10 nitrogen and oxygen atoms in total. The van der Waals surface area contributed by atoms with E-state index in [1.165, 1.54) is 18.4 Å². The van der Waals surface area contributed by atoms with Crippen LogP contribution in [0, 0.1) is 0 Å². The number of anilines is 1. The zero-order chi connectivity index (χ0) is 28.6. The molecule has 214 valence electrons. The largest absolute Gasteiger partial charge is 0.444 e. The molecule has 0 atom stereocenters. The van der Waals surface area contributed by atoms with Gasteiger partial charge in [0.2, 0.25) is 0 Å². The molecule has 2 aliphatic rings. The average Bonchev–Trinajstić information content (AvgIpc) is 3.72. The maximum atomic E-state index is 12.4. The summed E-state index contributed by atoms with van der Waals surface area (Å²) in [6, 6.07) is 13.1. The number of benzene rings is 1. The number of rotatable bonds is 7. The number of pyridine rings is 1. The SMILES string of the molecule is CN(c1cc(-c2ccc3nc(Cc4cc(CN5CCN(C(=O)OC(C)(C)C)CC5)ccn4)[nH]c3c2)ncn1)C1CC1. The van der Waals surface area contributed by atoms with Gasteiger partial charge in [0, 0.05) is 75.8 Å². The number of hydrogen-bond acceptors (Lipinski definition) is 8. The molecule has 0 radical (unpaired) electrons. The van der Waals surface area contributed by atoms with Gasteiger partial charge in [-0.2, -0.15) is 0 Å². The van der Waals surface area contributed by atoms with Gasteiger partial charge < -0.3 is 19.5 Å². The summed E-state index contributed by atoms with van der Waals surface area (Å²) in [5.41, 5.74) is 5.54. The summed E-state index contributed by atoms with van der Waals surface area (Å²) >= 11 is 0. The highest BCUT2D eigenvalue weighted by atomic mass is 16.6. The highest BCUT2D eigenvalue weighted by Gasteiger charge is 2.28. The maximum absolute atomic E-state index is 12.4. The number of H-pyrrole nitrogens is 1. The number of nitrogens with one attached hydrogen (secondary N) is 1. The lowest BCUT2D eigenvalue weighted by Gasteiger charge is -2.35. The van der Waals surface area contributed by atoms with E-state index >= 15 is 0 Å². The zero-order valence-electron chi connectivity index (χ0n) is 24.3. The first kappa shape index (κ1) is 27.1. The van der Waals surface area contributed by atoms with E-state index in [1.54, 1.807) is 11.2 Å². The number of nitrogens with zero attached hydrogens (tertiary/aromatic N) is 7.